The number of rotatable bonds is 6. The first kappa shape index (κ1) is 20.7. The number of anilines is 2. The Kier molecular flexibility index (Phi) is 6.08. The van der Waals surface area contributed by atoms with Gasteiger partial charge in [0.2, 0.25) is 0 Å². The minimum atomic E-state index is -1.07. The molecule has 0 saturated carbocycles. The van der Waals surface area contributed by atoms with Crippen molar-refractivity contribution in [3.63, 3.8) is 0 Å². The summed E-state index contributed by atoms with van der Waals surface area (Å²) >= 11 is 0. The van der Waals surface area contributed by atoms with E-state index in [1.54, 1.807) is 13.3 Å². The maximum absolute atomic E-state index is 11.6. The summed E-state index contributed by atoms with van der Waals surface area (Å²) < 4.78 is 5.59. The van der Waals surface area contributed by atoms with E-state index in [0.29, 0.717) is 12.1 Å². The Morgan fingerprint density at radius 3 is 2.65 bits per heavy atom. The highest BCUT2D eigenvalue weighted by atomic mass is 16.5. The molecule has 1 fully saturated rings. The fraction of sp³-hybridized carbons (Fsp3) is 0.304. The van der Waals surface area contributed by atoms with Crippen LogP contribution in [0.1, 0.15) is 11.1 Å². The number of H-pyrrole nitrogens is 1. The second kappa shape index (κ2) is 9.09. The quantitative estimate of drug-likeness (QED) is 0.564. The largest absolute Gasteiger partial charge is 0.496 e. The second-order valence-electron chi connectivity index (χ2n) is 7.68. The van der Waals surface area contributed by atoms with Gasteiger partial charge in [0.1, 0.15) is 5.75 Å². The van der Waals surface area contributed by atoms with Crippen LogP contribution in [0.5, 0.6) is 5.75 Å². The van der Waals surface area contributed by atoms with Crippen molar-refractivity contribution >= 4 is 17.5 Å². The molecule has 1 amide bonds. The maximum Gasteiger partial charge on any atom is 0.409 e. The molecule has 2 aromatic carbocycles. The van der Waals surface area contributed by atoms with Gasteiger partial charge >= 0.3 is 6.09 Å². The van der Waals surface area contributed by atoms with Gasteiger partial charge in [0.25, 0.3) is 0 Å². The van der Waals surface area contributed by atoms with Crippen LogP contribution in [0.3, 0.4) is 0 Å². The fourth-order valence-corrected chi connectivity index (χ4v) is 4.13. The van der Waals surface area contributed by atoms with Crippen LogP contribution in [-0.4, -0.2) is 66.6 Å². The van der Waals surface area contributed by atoms with E-state index >= 15 is 0 Å². The standard InChI is InChI=1S/C23H27N5O3/c1-27-9-11-28(12-10-27)22-19(13-16-5-3-4-6-21(16)31-2)18(17-14-24-25-15-17)7-8-20(22)26-23(29)30/h3-8,14-15,26H,9-13H2,1-2H3,(H,24,25)(H,29,30). The molecule has 3 N–H and O–H groups in total. The van der Waals surface area contributed by atoms with E-state index in [4.69, 9.17) is 4.74 Å². The topological polar surface area (TPSA) is 93.7 Å². The van der Waals surface area contributed by atoms with E-state index in [-0.39, 0.29) is 0 Å². The lowest BCUT2D eigenvalue weighted by molar-refractivity contribution is 0.209. The first-order valence-electron chi connectivity index (χ1n) is 10.3. The number of aromatic nitrogens is 2. The fourth-order valence-electron chi connectivity index (χ4n) is 4.13. The molecule has 0 atom stereocenters. The lowest BCUT2D eigenvalue weighted by Crippen LogP contribution is -2.45. The van der Waals surface area contributed by atoms with Crippen LogP contribution in [0, 0.1) is 0 Å². The molecule has 3 aromatic rings. The van der Waals surface area contributed by atoms with Gasteiger partial charge in [-0.1, -0.05) is 24.3 Å². The molecule has 0 unspecified atom stereocenters. The summed E-state index contributed by atoms with van der Waals surface area (Å²) in [5, 5.41) is 19.1. The molecule has 0 aliphatic carbocycles. The van der Waals surface area contributed by atoms with Crippen LogP contribution in [-0.2, 0) is 6.42 Å². The molecule has 1 aliphatic heterocycles. The molecular weight excluding hydrogens is 394 g/mol. The maximum atomic E-state index is 11.6. The molecule has 4 rings (SSSR count). The average Bonchev–Trinajstić information content (AvgIpc) is 3.29. The number of methoxy groups -OCH3 is 1. The van der Waals surface area contributed by atoms with Gasteiger partial charge in [-0.15, -0.1) is 0 Å². The number of aromatic amines is 1. The smallest absolute Gasteiger partial charge is 0.409 e. The number of piperazine rings is 1. The highest BCUT2D eigenvalue weighted by Crippen LogP contribution is 2.40. The molecule has 162 valence electrons. The van der Waals surface area contributed by atoms with E-state index in [1.165, 1.54) is 0 Å². The SMILES string of the molecule is COc1ccccc1Cc1c(-c2cn[nH]c2)ccc(NC(=O)O)c1N1CCN(C)CC1. The van der Waals surface area contributed by atoms with Crippen molar-refractivity contribution in [2.24, 2.45) is 0 Å². The Morgan fingerprint density at radius 1 is 1.19 bits per heavy atom. The van der Waals surface area contributed by atoms with Crippen molar-refractivity contribution in [2.45, 2.75) is 6.42 Å². The van der Waals surface area contributed by atoms with E-state index < -0.39 is 6.09 Å². The van der Waals surface area contributed by atoms with Crippen molar-refractivity contribution in [3.8, 4) is 16.9 Å². The first-order chi connectivity index (χ1) is 15.1. The highest BCUT2D eigenvalue weighted by Gasteiger charge is 2.24. The summed E-state index contributed by atoms with van der Waals surface area (Å²) in [4.78, 5) is 16.1. The molecule has 2 heterocycles. The number of nitrogens with one attached hydrogen (secondary N) is 2. The van der Waals surface area contributed by atoms with Crippen molar-refractivity contribution in [1.82, 2.24) is 15.1 Å². The predicted molar refractivity (Wildman–Crippen MR) is 121 cm³/mol. The molecular formula is C23H27N5O3. The van der Waals surface area contributed by atoms with Gasteiger partial charge in [0, 0.05) is 44.4 Å². The molecule has 0 spiro atoms. The van der Waals surface area contributed by atoms with Crippen molar-refractivity contribution in [1.29, 1.82) is 0 Å². The number of likely N-dealkylation sites (N-methyl/N-ethyl adjacent to an activating group) is 1. The third-order valence-electron chi connectivity index (χ3n) is 5.71. The third-order valence-corrected chi connectivity index (χ3v) is 5.71. The van der Waals surface area contributed by atoms with E-state index in [0.717, 1.165) is 59.9 Å². The van der Waals surface area contributed by atoms with E-state index in [1.807, 2.05) is 42.6 Å². The number of para-hydroxylation sites is 1. The molecule has 1 aromatic heterocycles. The molecule has 31 heavy (non-hydrogen) atoms. The summed E-state index contributed by atoms with van der Waals surface area (Å²) in [6.07, 6.45) is 3.18. The second-order valence-corrected chi connectivity index (χ2v) is 7.68. The zero-order valence-corrected chi connectivity index (χ0v) is 17.8. The van der Waals surface area contributed by atoms with Gasteiger partial charge in [-0.3, -0.25) is 10.4 Å². The van der Waals surface area contributed by atoms with Crippen molar-refractivity contribution in [2.75, 3.05) is 50.6 Å². The van der Waals surface area contributed by atoms with Crippen LogP contribution in [0.2, 0.25) is 0 Å². The van der Waals surface area contributed by atoms with Crippen molar-refractivity contribution < 1.29 is 14.6 Å². The Balaban J connectivity index is 1.89. The van der Waals surface area contributed by atoms with Crippen LogP contribution >= 0.6 is 0 Å². The molecule has 8 nitrogen and oxygen atoms in total. The van der Waals surface area contributed by atoms with Gasteiger partial charge in [-0.05, 0) is 35.9 Å². The monoisotopic (exact) mass is 421 g/mol. The van der Waals surface area contributed by atoms with Crippen LogP contribution in [0.4, 0.5) is 16.2 Å². The van der Waals surface area contributed by atoms with Gasteiger partial charge in [-0.2, -0.15) is 5.10 Å². The lowest BCUT2D eigenvalue weighted by atomic mass is 9.92. The summed E-state index contributed by atoms with van der Waals surface area (Å²) in [6, 6.07) is 11.7. The first-order valence-corrected chi connectivity index (χ1v) is 10.3. The summed E-state index contributed by atoms with van der Waals surface area (Å²) in [5.74, 6) is 0.807. The molecule has 8 heteroatoms. The minimum Gasteiger partial charge on any atom is -0.496 e. The number of hydrogen-bond acceptors (Lipinski definition) is 5. The Morgan fingerprint density at radius 2 is 1.97 bits per heavy atom. The number of amides is 1. The van der Waals surface area contributed by atoms with Crippen LogP contribution < -0.4 is 15.0 Å². The summed E-state index contributed by atoms with van der Waals surface area (Å²) in [7, 11) is 3.77. The van der Waals surface area contributed by atoms with Gasteiger partial charge in [0.15, 0.2) is 0 Å². The summed E-state index contributed by atoms with van der Waals surface area (Å²) in [6.45, 7) is 3.46. The third kappa shape index (κ3) is 4.49. The Labute approximate surface area is 181 Å². The molecule has 0 bridgehead atoms. The molecule has 0 radical (unpaired) electrons. The Hall–Kier alpha value is -3.52. The zero-order chi connectivity index (χ0) is 21.8. The number of hydrogen-bond donors (Lipinski definition) is 3. The molecule has 1 saturated heterocycles. The number of benzene rings is 2. The van der Waals surface area contributed by atoms with Crippen LogP contribution in [0.25, 0.3) is 11.1 Å². The zero-order valence-electron chi connectivity index (χ0n) is 17.8. The number of nitrogens with zero attached hydrogens (tertiary/aromatic N) is 3. The van der Waals surface area contributed by atoms with Gasteiger partial charge in [0.05, 0.1) is 24.7 Å². The highest BCUT2D eigenvalue weighted by molar-refractivity contribution is 5.92. The lowest BCUT2D eigenvalue weighted by Gasteiger charge is -2.37. The normalized spacial score (nSPS) is 14.5. The Bertz CT molecular complexity index is 1040. The number of carbonyl (C=O) groups is 1. The van der Waals surface area contributed by atoms with E-state index in [2.05, 4.69) is 32.4 Å². The van der Waals surface area contributed by atoms with Crippen molar-refractivity contribution in [3.05, 3.63) is 59.9 Å². The van der Waals surface area contributed by atoms with Gasteiger partial charge < -0.3 is 19.6 Å². The van der Waals surface area contributed by atoms with Gasteiger partial charge in [-0.25, -0.2) is 4.79 Å². The number of carboxylic acid groups (broad SMARTS) is 1. The number of ether oxygens (including phenoxy) is 1. The predicted octanol–water partition coefficient (Wildman–Crippen LogP) is 3.52. The van der Waals surface area contributed by atoms with Crippen LogP contribution in [0.15, 0.2) is 48.8 Å². The molecule has 1 aliphatic rings. The van der Waals surface area contributed by atoms with E-state index in [9.17, 15) is 9.90 Å². The average molecular weight is 422 g/mol. The minimum absolute atomic E-state index is 0.592. The summed E-state index contributed by atoms with van der Waals surface area (Å²) in [5.41, 5.74) is 5.57.